The van der Waals surface area contributed by atoms with E-state index in [1.807, 2.05) is 24.3 Å². The van der Waals surface area contributed by atoms with E-state index >= 15 is 0 Å². The van der Waals surface area contributed by atoms with Gasteiger partial charge in [-0.2, -0.15) is 0 Å². The number of amides is 3. The van der Waals surface area contributed by atoms with Crippen molar-refractivity contribution in [2.24, 2.45) is 5.73 Å². The zero-order chi connectivity index (χ0) is 28.1. The van der Waals surface area contributed by atoms with Gasteiger partial charge >= 0.3 is 5.97 Å². The fourth-order valence-corrected chi connectivity index (χ4v) is 4.79. The Hall–Kier alpha value is -4.23. The highest BCUT2D eigenvalue weighted by Gasteiger charge is 2.39. The lowest BCUT2D eigenvalue weighted by atomic mass is 10.0. The Labute approximate surface area is 224 Å². The number of aliphatic carboxylic acids is 1. The highest BCUT2D eigenvalue weighted by molar-refractivity contribution is 5.95. The predicted molar refractivity (Wildman–Crippen MR) is 140 cm³/mol. The van der Waals surface area contributed by atoms with Crippen LogP contribution >= 0.6 is 0 Å². The number of aliphatic hydroxyl groups is 1. The number of carboxylic acids is 1. The largest absolute Gasteiger partial charge is 0.480 e. The number of aromatic nitrogens is 3. The summed E-state index contributed by atoms with van der Waals surface area (Å²) in [6.07, 6.45) is 4.49. The molecular formula is C26H33N7O6. The maximum atomic E-state index is 13.7. The zero-order valence-corrected chi connectivity index (χ0v) is 21.5. The molecule has 0 bridgehead atoms. The third-order valence-electron chi connectivity index (χ3n) is 6.97. The maximum absolute atomic E-state index is 13.7. The van der Waals surface area contributed by atoms with Crippen LogP contribution in [0.1, 0.15) is 31.0 Å². The number of nitrogens with zero attached hydrogens (tertiary/aromatic N) is 2. The third-order valence-corrected chi connectivity index (χ3v) is 6.97. The van der Waals surface area contributed by atoms with Crippen LogP contribution < -0.4 is 16.4 Å². The number of nitrogens with two attached hydrogens (primary N) is 1. The molecular weight excluding hydrogens is 506 g/mol. The number of carboxylic acid groups (broad SMARTS) is 1. The number of H-pyrrole nitrogens is 2. The van der Waals surface area contributed by atoms with Gasteiger partial charge in [-0.1, -0.05) is 18.2 Å². The molecule has 0 aliphatic carbocycles. The highest BCUT2D eigenvalue weighted by Crippen LogP contribution is 2.21. The molecule has 5 atom stereocenters. The quantitative estimate of drug-likeness (QED) is 0.167. The van der Waals surface area contributed by atoms with Crippen LogP contribution in [0.2, 0.25) is 0 Å². The van der Waals surface area contributed by atoms with Crippen molar-refractivity contribution in [1.82, 2.24) is 30.5 Å². The number of imidazole rings is 1. The molecule has 8 N–H and O–H groups in total. The molecule has 1 aliphatic rings. The lowest BCUT2D eigenvalue weighted by Gasteiger charge is -2.29. The molecule has 0 saturated carbocycles. The van der Waals surface area contributed by atoms with Crippen LogP contribution in [0.5, 0.6) is 0 Å². The minimum absolute atomic E-state index is 0.0361. The number of likely N-dealkylation sites (tertiary alicyclic amines) is 1. The molecule has 0 radical (unpaired) electrons. The number of carbonyl (C=O) groups is 4. The lowest BCUT2D eigenvalue weighted by Crippen LogP contribution is -2.59. The number of aliphatic hydroxyl groups excluding tert-OH is 1. The summed E-state index contributed by atoms with van der Waals surface area (Å²) >= 11 is 0. The van der Waals surface area contributed by atoms with Gasteiger partial charge in [-0.25, -0.2) is 9.78 Å². The molecule has 0 spiro atoms. The van der Waals surface area contributed by atoms with E-state index in [2.05, 4.69) is 25.6 Å². The van der Waals surface area contributed by atoms with E-state index in [0.29, 0.717) is 18.5 Å². The van der Waals surface area contributed by atoms with Gasteiger partial charge in [-0.3, -0.25) is 14.4 Å². The first kappa shape index (κ1) is 27.8. The normalized spacial score (nSPS) is 18.3. The molecule has 1 aliphatic heterocycles. The molecule has 1 saturated heterocycles. The van der Waals surface area contributed by atoms with E-state index in [4.69, 9.17) is 5.73 Å². The lowest BCUT2D eigenvalue weighted by molar-refractivity contribution is -0.149. The monoisotopic (exact) mass is 539 g/mol. The zero-order valence-electron chi connectivity index (χ0n) is 21.5. The summed E-state index contributed by atoms with van der Waals surface area (Å²) in [7, 11) is 0. The molecule has 3 heterocycles. The van der Waals surface area contributed by atoms with Gasteiger partial charge in [0, 0.05) is 48.4 Å². The standard InChI is InChI=1S/C26H33N7O6/c1-14(34)22(27)24(36)31-19(9-15-11-29-18-6-3-2-5-17(15)18)23(35)32-20(10-16-12-28-13-30-16)25(37)33-8-4-7-21(33)26(38)39/h2-3,5-6,11-14,19-22,29,34H,4,7-10,27H2,1H3,(H,28,30)(H,31,36)(H,32,35)(H,38,39). The Morgan fingerprint density at radius 2 is 1.87 bits per heavy atom. The summed E-state index contributed by atoms with van der Waals surface area (Å²) in [5.41, 5.74) is 7.97. The predicted octanol–water partition coefficient (Wildman–Crippen LogP) is -0.570. The molecule has 208 valence electrons. The summed E-state index contributed by atoms with van der Waals surface area (Å²) in [4.78, 5) is 62.9. The number of rotatable bonds is 11. The van der Waals surface area contributed by atoms with Crippen LogP contribution in [-0.2, 0) is 32.0 Å². The Morgan fingerprint density at radius 1 is 1.13 bits per heavy atom. The third kappa shape index (κ3) is 6.44. The Kier molecular flexibility index (Phi) is 8.62. The number of carbonyl (C=O) groups excluding carboxylic acids is 3. The van der Waals surface area contributed by atoms with Gasteiger partial charge in [0.2, 0.25) is 17.7 Å². The van der Waals surface area contributed by atoms with Crippen molar-refractivity contribution >= 4 is 34.6 Å². The van der Waals surface area contributed by atoms with Crippen molar-refractivity contribution in [2.75, 3.05) is 6.54 Å². The van der Waals surface area contributed by atoms with E-state index in [-0.39, 0.29) is 19.4 Å². The first-order valence-corrected chi connectivity index (χ1v) is 12.8. The van der Waals surface area contributed by atoms with E-state index in [9.17, 15) is 29.4 Å². The number of hydrogen-bond acceptors (Lipinski definition) is 7. The minimum atomic E-state index is -1.27. The molecule has 3 aromatic rings. The number of benzene rings is 1. The second-order valence-corrected chi connectivity index (χ2v) is 9.76. The molecule has 13 nitrogen and oxygen atoms in total. The second kappa shape index (κ2) is 12.1. The van der Waals surface area contributed by atoms with Gasteiger partial charge in [-0.15, -0.1) is 0 Å². The average Bonchev–Trinajstić information content (AvgIpc) is 3.68. The first-order chi connectivity index (χ1) is 18.7. The molecule has 1 fully saturated rings. The second-order valence-electron chi connectivity index (χ2n) is 9.76. The van der Waals surface area contributed by atoms with Gasteiger partial charge in [0.25, 0.3) is 0 Å². The first-order valence-electron chi connectivity index (χ1n) is 12.8. The summed E-state index contributed by atoms with van der Waals surface area (Å²) in [6.45, 7) is 1.62. The van der Waals surface area contributed by atoms with Gasteiger partial charge in [0.1, 0.15) is 24.2 Å². The fourth-order valence-electron chi connectivity index (χ4n) is 4.79. The average molecular weight is 540 g/mol. The molecule has 13 heteroatoms. The maximum Gasteiger partial charge on any atom is 0.326 e. The van der Waals surface area contributed by atoms with Gasteiger partial charge in [0.15, 0.2) is 0 Å². The Bertz CT molecular complexity index is 1320. The van der Waals surface area contributed by atoms with Crippen LogP contribution in [0.4, 0.5) is 0 Å². The Morgan fingerprint density at radius 3 is 2.56 bits per heavy atom. The SMILES string of the molecule is CC(O)C(N)C(=O)NC(Cc1c[nH]c2ccccc12)C(=O)NC(Cc1cnc[nH]1)C(=O)N1CCCC1C(=O)O. The number of fused-ring (bicyclic) bond motifs is 1. The van der Waals surface area contributed by atoms with Crippen LogP contribution in [0.3, 0.4) is 0 Å². The molecule has 4 rings (SSSR count). The van der Waals surface area contributed by atoms with Crippen molar-refractivity contribution in [1.29, 1.82) is 0 Å². The van der Waals surface area contributed by atoms with Gasteiger partial charge in [0.05, 0.1) is 12.4 Å². The van der Waals surface area contributed by atoms with Crippen LogP contribution in [0.15, 0.2) is 43.0 Å². The van der Waals surface area contributed by atoms with Crippen molar-refractivity contribution in [3.63, 3.8) is 0 Å². The summed E-state index contributed by atoms with van der Waals surface area (Å²) in [5, 5.41) is 25.6. The topological polar surface area (TPSA) is 207 Å². The van der Waals surface area contributed by atoms with Gasteiger partial charge in [-0.05, 0) is 31.4 Å². The summed E-state index contributed by atoms with van der Waals surface area (Å²) < 4.78 is 0. The van der Waals surface area contributed by atoms with Crippen LogP contribution in [-0.4, -0.2) is 90.6 Å². The fraction of sp³-hybridized carbons (Fsp3) is 0.423. The van der Waals surface area contributed by atoms with Crippen molar-refractivity contribution < 1.29 is 29.4 Å². The summed E-state index contributed by atoms with van der Waals surface area (Å²) in [6, 6.07) is 2.96. The van der Waals surface area contributed by atoms with Crippen molar-refractivity contribution in [2.45, 2.75) is 62.9 Å². The molecule has 2 aromatic heterocycles. The smallest absolute Gasteiger partial charge is 0.326 e. The highest BCUT2D eigenvalue weighted by atomic mass is 16.4. The minimum Gasteiger partial charge on any atom is -0.480 e. The van der Waals surface area contributed by atoms with Crippen molar-refractivity contribution in [3.05, 3.63) is 54.2 Å². The van der Waals surface area contributed by atoms with E-state index < -0.39 is 54.0 Å². The van der Waals surface area contributed by atoms with Crippen LogP contribution in [0.25, 0.3) is 10.9 Å². The number of hydrogen-bond donors (Lipinski definition) is 7. The van der Waals surface area contributed by atoms with Crippen molar-refractivity contribution in [3.8, 4) is 0 Å². The van der Waals surface area contributed by atoms with E-state index in [0.717, 1.165) is 16.5 Å². The summed E-state index contributed by atoms with van der Waals surface area (Å²) in [5.74, 6) is -3.04. The molecule has 1 aromatic carbocycles. The van der Waals surface area contributed by atoms with Crippen LogP contribution in [0, 0.1) is 0 Å². The number of nitrogens with one attached hydrogen (secondary N) is 4. The molecule has 39 heavy (non-hydrogen) atoms. The Balaban J connectivity index is 1.60. The number of para-hydroxylation sites is 1. The van der Waals surface area contributed by atoms with E-state index in [1.54, 1.807) is 6.20 Å². The molecule has 5 unspecified atom stereocenters. The molecule has 3 amide bonds. The van der Waals surface area contributed by atoms with Gasteiger partial charge < -0.3 is 41.4 Å². The van der Waals surface area contributed by atoms with E-state index in [1.165, 1.54) is 24.3 Å². The number of aromatic amines is 2.